The van der Waals surface area contributed by atoms with Crippen molar-refractivity contribution in [2.45, 2.75) is 40.2 Å². The van der Waals surface area contributed by atoms with Crippen molar-refractivity contribution in [1.29, 1.82) is 0 Å². The van der Waals surface area contributed by atoms with Crippen LogP contribution in [0.1, 0.15) is 46.1 Å². The highest BCUT2D eigenvalue weighted by atomic mass is 32.1. The molecular formula is C16H21FN2S. The molecule has 0 aliphatic heterocycles. The second-order valence-corrected chi connectivity index (χ2v) is 6.32. The quantitative estimate of drug-likeness (QED) is 0.889. The highest BCUT2D eigenvalue weighted by molar-refractivity contribution is 7.11. The van der Waals surface area contributed by atoms with Gasteiger partial charge < -0.3 is 5.32 Å². The van der Waals surface area contributed by atoms with E-state index in [1.54, 1.807) is 24.3 Å². The topological polar surface area (TPSA) is 24.9 Å². The molecule has 0 aliphatic rings. The van der Waals surface area contributed by atoms with Crippen LogP contribution in [-0.4, -0.2) is 11.5 Å². The van der Waals surface area contributed by atoms with Gasteiger partial charge in [-0.1, -0.05) is 19.1 Å². The molecule has 1 aromatic heterocycles. The van der Waals surface area contributed by atoms with Gasteiger partial charge in [-0.2, -0.15) is 0 Å². The maximum absolute atomic E-state index is 13.8. The number of thiazole rings is 1. The first-order valence-electron chi connectivity index (χ1n) is 6.96. The van der Waals surface area contributed by atoms with Gasteiger partial charge in [-0.25, -0.2) is 9.37 Å². The summed E-state index contributed by atoms with van der Waals surface area (Å²) in [6, 6.07) is 5.41. The van der Waals surface area contributed by atoms with Crippen LogP contribution < -0.4 is 5.32 Å². The van der Waals surface area contributed by atoms with Crippen molar-refractivity contribution < 1.29 is 4.39 Å². The van der Waals surface area contributed by atoms with E-state index in [-0.39, 0.29) is 11.9 Å². The Hall–Kier alpha value is -1.26. The molecule has 0 saturated carbocycles. The normalized spacial score (nSPS) is 12.7. The highest BCUT2D eigenvalue weighted by Crippen LogP contribution is 2.28. The van der Waals surface area contributed by atoms with Crippen LogP contribution in [-0.2, 0) is 0 Å². The zero-order chi connectivity index (χ0) is 14.7. The molecule has 20 heavy (non-hydrogen) atoms. The van der Waals surface area contributed by atoms with Crippen LogP contribution in [0.2, 0.25) is 0 Å². The molecule has 1 heterocycles. The fraction of sp³-hybridized carbons (Fsp3) is 0.438. The number of nitrogens with one attached hydrogen (secondary N) is 1. The Morgan fingerprint density at radius 2 is 2.05 bits per heavy atom. The minimum Gasteiger partial charge on any atom is -0.304 e. The van der Waals surface area contributed by atoms with Crippen LogP contribution in [0, 0.1) is 26.6 Å². The van der Waals surface area contributed by atoms with E-state index in [0.29, 0.717) is 5.56 Å². The molecule has 1 unspecified atom stereocenters. The van der Waals surface area contributed by atoms with E-state index in [1.165, 1.54) is 4.88 Å². The second-order valence-electron chi connectivity index (χ2n) is 5.09. The SMILES string of the molecule is CCCNC(c1ccc(C)c(F)c1)c1nc(C)c(C)s1. The molecule has 0 saturated heterocycles. The summed E-state index contributed by atoms with van der Waals surface area (Å²) in [6.45, 7) is 8.88. The minimum atomic E-state index is -0.157. The van der Waals surface area contributed by atoms with Gasteiger partial charge in [-0.3, -0.25) is 0 Å². The molecule has 4 heteroatoms. The average Bonchev–Trinajstić information content (AvgIpc) is 2.74. The zero-order valence-corrected chi connectivity index (χ0v) is 13.3. The number of benzene rings is 1. The van der Waals surface area contributed by atoms with E-state index in [4.69, 9.17) is 0 Å². The molecular weight excluding hydrogens is 271 g/mol. The summed E-state index contributed by atoms with van der Waals surface area (Å²) < 4.78 is 13.8. The minimum absolute atomic E-state index is 0.0255. The molecule has 2 nitrogen and oxygen atoms in total. The third kappa shape index (κ3) is 3.25. The average molecular weight is 292 g/mol. The van der Waals surface area contributed by atoms with Crippen molar-refractivity contribution >= 4 is 11.3 Å². The molecule has 0 amide bonds. The largest absolute Gasteiger partial charge is 0.304 e. The molecule has 1 atom stereocenters. The van der Waals surface area contributed by atoms with Crippen LogP contribution in [0.4, 0.5) is 4.39 Å². The molecule has 2 rings (SSSR count). The number of nitrogens with zero attached hydrogens (tertiary/aromatic N) is 1. The number of hydrogen-bond acceptors (Lipinski definition) is 3. The van der Waals surface area contributed by atoms with Gasteiger partial charge in [0.15, 0.2) is 0 Å². The number of hydrogen-bond donors (Lipinski definition) is 1. The Morgan fingerprint density at radius 3 is 2.60 bits per heavy atom. The summed E-state index contributed by atoms with van der Waals surface area (Å²) in [5.74, 6) is -0.157. The molecule has 2 aromatic rings. The second kappa shape index (κ2) is 6.46. The van der Waals surface area contributed by atoms with E-state index >= 15 is 0 Å². The van der Waals surface area contributed by atoms with Gasteiger partial charge in [0.2, 0.25) is 0 Å². The lowest BCUT2D eigenvalue weighted by Crippen LogP contribution is -2.23. The Morgan fingerprint density at radius 1 is 1.30 bits per heavy atom. The summed E-state index contributed by atoms with van der Waals surface area (Å²) in [5.41, 5.74) is 2.67. The van der Waals surface area contributed by atoms with Gasteiger partial charge in [0.1, 0.15) is 10.8 Å². The van der Waals surface area contributed by atoms with Crippen molar-refractivity contribution in [3.8, 4) is 0 Å². The highest BCUT2D eigenvalue weighted by Gasteiger charge is 2.19. The van der Waals surface area contributed by atoms with Crippen LogP contribution in [0.3, 0.4) is 0 Å². The fourth-order valence-electron chi connectivity index (χ4n) is 2.05. The smallest absolute Gasteiger partial charge is 0.126 e. The van der Waals surface area contributed by atoms with Crippen LogP contribution in [0.25, 0.3) is 0 Å². The first-order chi connectivity index (χ1) is 9.52. The molecule has 0 fully saturated rings. The van der Waals surface area contributed by atoms with Crippen molar-refractivity contribution in [3.63, 3.8) is 0 Å². The molecule has 0 spiro atoms. The van der Waals surface area contributed by atoms with Gasteiger partial charge in [0, 0.05) is 4.88 Å². The summed E-state index contributed by atoms with van der Waals surface area (Å²) in [7, 11) is 0. The van der Waals surface area contributed by atoms with Crippen molar-refractivity contribution in [2.24, 2.45) is 0 Å². The van der Waals surface area contributed by atoms with E-state index in [2.05, 4.69) is 24.1 Å². The van der Waals surface area contributed by atoms with Gasteiger partial charge >= 0.3 is 0 Å². The van der Waals surface area contributed by atoms with Gasteiger partial charge in [0.25, 0.3) is 0 Å². The van der Waals surface area contributed by atoms with Crippen LogP contribution >= 0.6 is 11.3 Å². The molecule has 0 aliphatic carbocycles. The third-order valence-electron chi connectivity index (χ3n) is 3.42. The number of rotatable bonds is 5. The molecule has 108 valence electrons. The van der Waals surface area contributed by atoms with Gasteiger partial charge in [-0.05, 0) is 50.9 Å². The van der Waals surface area contributed by atoms with E-state index < -0.39 is 0 Å². The Balaban J connectivity index is 2.38. The van der Waals surface area contributed by atoms with Crippen LogP contribution in [0.15, 0.2) is 18.2 Å². The van der Waals surface area contributed by atoms with E-state index in [9.17, 15) is 4.39 Å². The fourth-order valence-corrected chi connectivity index (χ4v) is 3.07. The first kappa shape index (κ1) is 15.1. The number of halogens is 1. The first-order valence-corrected chi connectivity index (χ1v) is 7.78. The lowest BCUT2D eigenvalue weighted by molar-refractivity contribution is 0.580. The molecule has 0 bridgehead atoms. The number of aromatic nitrogens is 1. The van der Waals surface area contributed by atoms with Gasteiger partial charge in [-0.15, -0.1) is 11.3 Å². The van der Waals surface area contributed by atoms with Crippen LogP contribution in [0.5, 0.6) is 0 Å². The number of aryl methyl sites for hydroxylation is 3. The lowest BCUT2D eigenvalue weighted by atomic mass is 10.0. The third-order valence-corrected chi connectivity index (χ3v) is 4.56. The van der Waals surface area contributed by atoms with Crippen molar-refractivity contribution in [2.75, 3.05) is 6.54 Å². The Bertz CT molecular complexity index is 573. The molecule has 0 radical (unpaired) electrons. The lowest BCUT2D eigenvalue weighted by Gasteiger charge is -2.17. The maximum atomic E-state index is 13.8. The Labute approximate surface area is 124 Å². The summed E-state index contributed by atoms with van der Waals surface area (Å²) in [5, 5.41) is 4.48. The van der Waals surface area contributed by atoms with Gasteiger partial charge in [0.05, 0.1) is 11.7 Å². The van der Waals surface area contributed by atoms with Crippen molar-refractivity contribution in [3.05, 3.63) is 50.7 Å². The monoisotopic (exact) mass is 292 g/mol. The summed E-state index contributed by atoms with van der Waals surface area (Å²) in [4.78, 5) is 5.84. The van der Waals surface area contributed by atoms with Crippen molar-refractivity contribution in [1.82, 2.24) is 10.3 Å². The summed E-state index contributed by atoms with van der Waals surface area (Å²) in [6.07, 6.45) is 1.04. The molecule has 1 N–H and O–H groups in total. The predicted molar refractivity (Wildman–Crippen MR) is 82.9 cm³/mol. The Kier molecular flexibility index (Phi) is 4.89. The maximum Gasteiger partial charge on any atom is 0.126 e. The standard InChI is InChI=1S/C16H21FN2S/c1-5-8-18-15(16-19-11(3)12(4)20-16)13-7-6-10(2)14(17)9-13/h6-7,9,15,18H,5,8H2,1-4H3. The molecule has 1 aromatic carbocycles. The summed E-state index contributed by atoms with van der Waals surface area (Å²) >= 11 is 1.68. The van der Waals surface area contributed by atoms with E-state index in [0.717, 1.165) is 29.2 Å². The predicted octanol–water partition coefficient (Wildman–Crippen LogP) is 4.30. The van der Waals surface area contributed by atoms with E-state index in [1.807, 2.05) is 19.1 Å². The zero-order valence-electron chi connectivity index (χ0n) is 12.5.